The van der Waals surface area contributed by atoms with Crippen LogP contribution in [0, 0.1) is 0 Å². The maximum Gasteiger partial charge on any atom is 0.327 e. The van der Waals surface area contributed by atoms with Crippen LogP contribution in [-0.2, 0) is 4.74 Å². The summed E-state index contributed by atoms with van der Waals surface area (Å²) in [7, 11) is 0. The van der Waals surface area contributed by atoms with E-state index < -0.39 is 42.4 Å². The van der Waals surface area contributed by atoms with E-state index in [1.165, 1.54) is 4.57 Å². The van der Waals surface area contributed by atoms with Gasteiger partial charge in [-0.3, -0.25) is 19.3 Å². The number of fused-ring (bicyclic) bond motifs is 1. The normalized spacial score (nSPS) is 29.3. The number of ether oxygens (including phenoxy) is 1. The number of aliphatic hydroxyl groups is 3. The zero-order chi connectivity index (χ0) is 15.3. The van der Waals surface area contributed by atoms with E-state index in [2.05, 4.69) is 25.9 Å². The number of hydrogen-bond donors (Lipinski definition) is 5. The molecule has 2 aromatic heterocycles. The fourth-order valence-electron chi connectivity index (χ4n) is 2.31. The average Bonchev–Trinajstić information content (AvgIpc) is 2.89. The summed E-state index contributed by atoms with van der Waals surface area (Å²) in [6.45, 7) is -0.490. The van der Waals surface area contributed by atoms with Gasteiger partial charge in [-0.2, -0.15) is 0 Å². The van der Waals surface area contributed by atoms with Gasteiger partial charge in [-0.15, -0.1) is 0 Å². The van der Waals surface area contributed by atoms with Crippen molar-refractivity contribution in [1.29, 1.82) is 0 Å². The molecule has 4 atom stereocenters. The monoisotopic (exact) mass is 362 g/mol. The van der Waals surface area contributed by atoms with Crippen molar-refractivity contribution < 1.29 is 20.1 Å². The van der Waals surface area contributed by atoms with E-state index in [4.69, 9.17) is 9.84 Å². The molecular formula is C10H11BrN4O6. The SMILES string of the molecule is O=c1[nH]c(=O)c2nc(Br)n([C@@H]3O[C@@H](CO)[C@H](O)[C@@H]3O)c2[nH]1. The van der Waals surface area contributed by atoms with Gasteiger partial charge in [0, 0.05) is 0 Å². The minimum absolute atomic E-state index is 0.0328. The molecule has 5 N–H and O–H groups in total. The molecule has 3 heterocycles. The van der Waals surface area contributed by atoms with E-state index in [1.807, 2.05) is 4.98 Å². The first-order chi connectivity index (χ1) is 9.93. The smallest absolute Gasteiger partial charge is 0.327 e. The van der Waals surface area contributed by atoms with E-state index in [0.29, 0.717) is 0 Å². The van der Waals surface area contributed by atoms with Crippen molar-refractivity contribution in [1.82, 2.24) is 19.5 Å². The van der Waals surface area contributed by atoms with Crippen LogP contribution < -0.4 is 11.2 Å². The van der Waals surface area contributed by atoms with Crippen LogP contribution in [0.5, 0.6) is 0 Å². The minimum atomic E-state index is -1.36. The van der Waals surface area contributed by atoms with Crippen molar-refractivity contribution in [3.63, 3.8) is 0 Å². The van der Waals surface area contributed by atoms with Crippen LogP contribution >= 0.6 is 15.9 Å². The van der Waals surface area contributed by atoms with Gasteiger partial charge in [0.2, 0.25) is 0 Å². The summed E-state index contributed by atoms with van der Waals surface area (Å²) in [5.74, 6) is 0. The lowest BCUT2D eigenvalue weighted by Crippen LogP contribution is -2.33. The van der Waals surface area contributed by atoms with Crippen molar-refractivity contribution in [3.8, 4) is 0 Å². The van der Waals surface area contributed by atoms with Gasteiger partial charge in [-0.1, -0.05) is 0 Å². The summed E-state index contributed by atoms with van der Waals surface area (Å²) in [6.07, 6.45) is -4.77. The van der Waals surface area contributed by atoms with Crippen molar-refractivity contribution >= 4 is 27.1 Å². The van der Waals surface area contributed by atoms with Crippen molar-refractivity contribution in [2.75, 3.05) is 6.61 Å². The molecule has 114 valence electrons. The van der Waals surface area contributed by atoms with Crippen LogP contribution in [0.1, 0.15) is 6.23 Å². The molecule has 0 aliphatic carbocycles. The molecule has 10 nitrogen and oxygen atoms in total. The molecule has 11 heteroatoms. The molecule has 2 aromatic rings. The summed E-state index contributed by atoms with van der Waals surface area (Å²) in [6, 6.07) is 0. The van der Waals surface area contributed by atoms with Crippen LogP contribution in [0.2, 0.25) is 0 Å². The van der Waals surface area contributed by atoms with Gasteiger partial charge in [0.05, 0.1) is 6.61 Å². The maximum atomic E-state index is 11.7. The molecule has 0 radical (unpaired) electrons. The number of hydrogen-bond acceptors (Lipinski definition) is 7. The number of imidazole rings is 1. The van der Waals surface area contributed by atoms with Gasteiger partial charge < -0.3 is 20.1 Å². The van der Waals surface area contributed by atoms with E-state index in [-0.39, 0.29) is 15.9 Å². The maximum absolute atomic E-state index is 11.7. The van der Waals surface area contributed by atoms with Gasteiger partial charge >= 0.3 is 5.69 Å². The molecule has 0 spiro atoms. The summed E-state index contributed by atoms with van der Waals surface area (Å²) < 4.78 is 6.71. The Morgan fingerprint density at radius 1 is 1.29 bits per heavy atom. The molecule has 21 heavy (non-hydrogen) atoms. The van der Waals surface area contributed by atoms with Gasteiger partial charge in [0.15, 0.2) is 22.1 Å². The highest BCUT2D eigenvalue weighted by molar-refractivity contribution is 9.10. The standard InChI is InChI=1S/C10H11BrN4O6/c11-9-12-3-6(13-10(20)14-7(3)19)15(9)8-5(18)4(17)2(1-16)21-8/h2,4-5,8,16-18H,1H2,(H2,13,14,19,20)/t2-,4-,5-,8+/m0/s1. The van der Waals surface area contributed by atoms with Crippen LogP contribution in [0.3, 0.4) is 0 Å². The Hall–Kier alpha value is -1.53. The molecule has 0 aromatic carbocycles. The number of rotatable bonds is 2. The molecule has 3 rings (SSSR count). The average molecular weight is 363 g/mol. The third kappa shape index (κ3) is 2.13. The number of H-pyrrole nitrogens is 2. The van der Waals surface area contributed by atoms with Crippen LogP contribution in [-0.4, -0.2) is 59.8 Å². The molecule has 1 aliphatic rings. The van der Waals surface area contributed by atoms with Crippen molar-refractivity contribution in [2.45, 2.75) is 24.5 Å². The Balaban J connectivity index is 2.19. The topological polar surface area (TPSA) is 153 Å². The Kier molecular flexibility index (Phi) is 3.45. The number of aromatic nitrogens is 4. The predicted molar refractivity (Wildman–Crippen MR) is 71.7 cm³/mol. The minimum Gasteiger partial charge on any atom is -0.394 e. The molecule has 0 amide bonds. The third-order valence-corrected chi connectivity index (χ3v) is 3.87. The molecule has 0 bridgehead atoms. The van der Waals surface area contributed by atoms with Crippen LogP contribution in [0.25, 0.3) is 11.2 Å². The zero-order valence-corrected chi connectivity index (χ0v) is 11.9. The second-order valence-electron chi connectivity index (χ2n) is 4.59. The fraction of sp³-hybridized carbons (Fsp3) is 0.500. The molecule has 1 saturated heterocycles. The van der Waals surface area contributed by atoms with E-state index in [0.717, 1.165) is 0 Å². The highest BCUT2D eigenvalue weighted by atomic mass is 79.9. The van der Waals surface area contributed by atoms with Crippen LogP contribution in [0.15, 0.2) is 14.3 Å². The highest BCUT2D eigenvalue weighted by Crippen LogP contribution is 2.33. The van der Waals surface area contributed by atoms with Crippen molar-refractivity contribution in [3.05, 3.63) is 25.6 Å². The Morgan fingerprint density at radius 2 is 2.00 bits per heavy atom. The third-order valence-electron chi connectivity index (χ3n) is 3.31. The lowest BCUT2D eigenvalue weighted by atomic mass is 10.1. The molecule has 1 fully saturated rings. The first-order valence-corrected chi connectivity index (χ1v) is 6.76. The Labute approximate surface area is 124 Å². The van der Waals surface area contributed by atoms with Gasteiger partial charge in [-0.05, 0) is 15.9 Å². The number of nitrogens with zero attached hydrogens (tertiary/aromatic N) is 2. The number of aromatic amines is 2. The van der Waals surface area contributed by atoms with E-state index in [9.17, 15) is 19.8 Å². The Morgan fingerprint density at radius 3 is 2.62 bits per heavy atom. The summed E-state index contributed by atoms with van der Waals surface area (Å²) in [5, 5.41) is 28.9. The molecule has 0 saturated carbocycles. The lowest BCUT2D eigenvalue weighted by Gasteiger charge is -2.17. The number of halogens is 1. The number of nitrogens with one attached hydrogen (secondary N) is 2. The second-order valence-corrected chi connectivity index (χ2v) is 5.29. The van der Waals surface area contributed by atoms with Crippen LogP contribution in [0.4, 0.5) is 0 Å². The summed E-state index contributed by atoms with van der Waals surface area (Å²) in [4.78, 5) is 31.4. The van der Waals surface area contributed by atoms with E-state index in [1.54, 1.807) is 0 Å². The first kappa shape index (κ1) is 14.4. The van der Waals surface area contributed by atoms with E-state index >= 15 is 0 Å². The Bertz CT molecular complexity index is 797. The van der Waals surface area contributed by atoms with Gasteiger partial charge in [-0.25, -0.2) is 9.78 Å². The van der Waals surface area contributed by atoms with Gasteiger partial charge in [0.1, 0.15) is 18.3 Å². The predicted octanol–water partition coefficient (Wildman–Crippen LogP) is -2.21. The molecular weight excluding hydrogens is 352 g/mol. The summed E-state index contributed by atoms with van der Waals surface area (Å²) >= 11 is 3.11. The second kappa shape index (κ2) is 5.03. The molecule has 1 aliphatic heterocycles. The quantitative estimate of drug-likeness (QED) is 0.379. The lowest BCUT2D eigenvalue weighted by molar-refractivity contribution is -0.0521. The summed E-state index contributed by atoms with van der Waals surface area (Å²) in [5.41, 5.74) is -1.46. The first-order valence-electron chi connectivity index (χ1n) is 5.96. The van der Waals surface area contributed by atoms with Gasteiger partial charge in [0.25, 0.3) is 5.56 Å². The fourth-order valence-corrected chi connectivity index (χ4v) is 2.87. The largest absolute Gasteiger partial charge is 0.394 e. The highest BCUT2D eigenvalue weighted by Gasteiger charge is 2.44. The zero-order valence-electron chi connectivity index (χ0n) is 10.4. The number of aliphatic hydroxyl groups excluding tert-OH is 3. The van der Waals surface area contributed by atoms with Crippen molar-refractivity contribution in [2.24, 2.45) is 0 Å². The molecule has 0 unspecified atom stereocenters.